The average Bonchev–Trinajstić information content (AvgIpc) is 3.20. The molecule has 1 amide bonds. The van der Waals surface area contributed by atoms with Crippen molar-refractivity contribution in [2.24, 2.45) is 16.3 Å². The van der Waals surface area contributed by atoms with Crippen molar-refractivity contribution >= 4 is 16.9 Å². The van der Waals surface area contributed by atoms with E-state index in [9.17, 15) is 4.79 Å². The van der Waals surface area contributed by atoms with Gasteiger partial charge in [-0.25, -0.2) is 10.5 Å². The number of aromatic nitrogens is 2. The molecule has 1 aliphatic rings. The molecule has 0 spiro atoms. The van der Waals surface area contributed by atoms with Gasteiger partial charge in [0.2, 0.25) is 5.91 Å². The molecular weight excluding hydrogens is 320 g/mol. The fourth-order valence-corrected chi connectivity index (χ4v) is 3.00. The highest BCUT2D eigenvalue weighted by Gasteiger charge is 2.29. The van der Waals surface area contributed by atoms with Crippen LogP contribution in [0.4, 0.5) is 0 Å². The van der Waals surface area contributed by atoms with Gasteiger partial charge in [0.25, 0.3) is 0 Å². The van der Waals surface area contributed by atoms with Crippen LogP contribution in [0, 0.1) is 12.8 Å². The summed E-state index contributed by atoms with van der Waals surface area (Å²) >= 11 is 0. The molecule has 0 aliphatic carbocycles. The summed E-state index contributed by atoms with van der Waals surface area (Å²) in [4.78, 5) is 19.3. The number of hydroxylamine groups is 1. The van der Waals surface area contributed by atoms with E-state index in [2.05, 4.69) is 29.2 Å². The molecule has 1 aliphatic heterocycles. The largest absolute Gasteiger partial charge is 0.340 e. The lowest BCUT2D eigenvalue weighted by atomic mass is 10.0. The molecule has 3 N–H and O–H groups in total. The molecule has 25 heavy (non-hydrogen) atoms. The van der Waals surface area contributed by atoms with E-state index in [-0.39, 0.29) is 18.4 Å². The summed E-state index contributed by atoms with van der Waals surface area (Å²) < 4.78 is 0. The fraction of sp³-hybridized carbons (Fsp3) is 0.412. The van der Waals surface area contributed by atoms with Crippen molar-refractivity contribution < 1.29 is 10.0 Å². The molecule has 2 aromatic rings. The zero-order valence-electron chi connectivity index (χ0n) is 14.5. The Hall–Kier alpha value is -2.74. The first-order valence-corrected chi connectivity index (χ1v) is 8.25. The van der Waals surface area contributed by atoms with Gasteiger partial charge >= 0.3 is 0 Å². The highest BCUT2D eigenvalue weighted by molar-refractivity contribution is 5.78. The molecule has 8 heteroatoms. The lowest BCUT2D eigenvalue weighted by Crippen LogP contribution is -2.27. The van der Waals surface area contributed by atoms with Crippen molar-refractivity contribution in [1.82, 2.24) is 20.5 Å². The van der Waals surface area contributed by atoms with E-state index in [1.54, 1.807) is 11.6 Å². The maximum Gasteiger partial charge on any atom is 0.247 e. The Balaban J connectivity index is 1.83. The molecule has 1 unspecified atom stereocenters. The topological polar surface area (TPSA) is 106 Å². The van der Waals surface area contributed by atoms with E-state index < -0.39 is 5.91 Å². The molecule has 8 nitrogen and oxygen atoms in total. The van der Waals surface area contributed by atoms with E-state index in [4.69, 9.17) is 10.2 Å². The quantitative estimate of drug-likeness (QED) is 0.573. The molecule has 3 rings (SSSR count). The number of aryl methyl sites for hydroxylation is 1. The van der Waals surface area contributed by atoms with Gasteiger partial charge in [0.15, 0.2) is 0 Å². The van der Waals surface area contributed by atoms with Gasteiger partial charge < -0.3 is 4.98 Å². The zero-order chi connectivity index (χ0) is 18.0. The highest BCUT2D eigenvalue weighted by atomic mass is 16.5. The number of benzene rings is 1. The monoisotopic (exact) mass is 342 g/mol. The summed E-state index contributed by atoms with van der Waals surface area (Å²) in [5, 5.41) is 18.8. The number of fused-ring (bicyclic) bond motifs is 1. The third-order valence-electron chi connectivity index (χ3n) is 4.23. The van der Waals surface area contributed by atoms with Gasteiger partial charge in [-0.15, -0.1) is 5.11 Å². The Morgan fingerprint density at radius 3 is 2.96 bits per heavy atom. The fourth-order valence-electron chi connectivity index (χ4n) is 3.00. The van der Waals surface area contributed by atoms with E-state index in [1.165, 1.54) is 0 Å². The van der Waals surface area contributed by atoms with Crippen molar-refractivity contribution in [3.63, 3.8) is 0 Å². The predicted octanol–water partition coefficient (Wildman–Crippen LogP) is 3.03. The molecule has 0 bridgehead atoms. The van der Waals surface area contributed by atoms with Crippen LogP contribution in [-0.4, -0.2) is 32.6 Å². The van der Waals surface area contributed by atoms with Crippen LogP contribution in [0.25, 0.3) is 11.0 Å². The lowest BCUT2D eigenvalue weighted by molar-refractivity contribution is -0.128. The Kier molecular flexibility index (Phi) is 4.80. The van der Waals surface area contributed by atoms with Crippen LogP contribution in [0.3, 0.4) is 0 Å². The first-order valence-electron chi connectivity index (χ1n) is 8.25. The van der Waals surface area contributed by atoms with E-state index >= 15 is 0 Å². The first-order chi connectivity index (χ1) is 12.0. The summed E-state index contributed by atoms with van der Waals surface area (Å²) in [5.41, 5.74) is 5.40. The van der Waals surface area contributed by atoms with Crippen molar-refractivity contribution in [1.29, 1.82) is 0 Å². The second-order valence-corrected chi connectivity index (χ2v) is 6.50. The van der Waals surface area contributed by atoms with Crippen LogP contribution in [0.15, 0.2) is 40.3 Å². The van der Waals surface area contributed by atoms with Crippen LogP contribution < -0.4 is 5.48 Å². The molecule has 0 saturated heterocycles. The molecule has 1 atom stereocenters. The molecule has 1 aromatic heterocycles. The van der Waals surface area contributed by atoms with Crippen LogP contribution in [0.5, 0.6) is 0 Å². The highest BCUT2D eigenvalue weighted by Crippen LogP contribution is 2.32. The number of hydrogen-bond acceptors (Lipinski definition) is 6. The zero-order valence-corrected chi connectivity index (χ0v) is 14.5. The van der Waals surface area contributed by atoms with Crippen LogP contribution >= 0.6 is 0 Å². The number of amides is 1. The summed E-state index contributed by atoms with van der Waals surface area (Å²) in [7, 11) is 0. The Labute approximate surface area is 145 Å². The second kappa shape index (κ2) is 7.02. The number of nitrogens with zero attached hydrogens (tertiary/aromatic N) is 4. The number of aromatic amines is 1. The van der Waals surface area contributed by atoms with Crippen molar-refractivity contribution in [3.8, 4) is 0 Å². The van der Waals surface area contributed by atoms with Gasteiger partial charge in [-0.3, -0.25) is 15.0 Å². The number of imidazole rings is 1. The van der Waals surface area contributed by atoms with Crippen LogP contribution in [-0.2, 0) is 4.79 Å². The van der Waals surface area contributed by atoms with E-state index in [0.29, 0.717) is 12.2 Å². The van der Waals surface area contributed by atoms with Crippen LogP contribution in [0.2, 0.25) is 0 Å². The normalized spacial score (nSPS) is 17.0. The molecule has 0 fully saturated rings. The van der Waals surface area contributed by atoms with E-state index in [1.807, 2.05) is 30.1 Å². The molecule has 2 heterocycles. The third-order valence-corrected chi connectivity index (χ3v) is 4.23. The number of nitrogens with one attached hydrogen (secondary N) is 2. The van der Waals surface area contributed by atoms with Gasteiger partial charge in [-0.2, -0.15) is 0 Å². The summed E-state index contributed by atoms with van der Waals surface area (Å²) in [6, 6.07) is 6.01. The van der Waals surface area contributed by atoms with Gasteiger partial charge in [0.05, 0.1) is 23.3 Å². The number of hydrogen-bond donors (Lipinski definition) is 3. The Bertz CT molecular complexity index is 839. The van der Waals surface area contributed by atoms with Crippen molar-refractivity contribution in [2.75, 3.05) is 6.54 Å². The lowest BCUT2D eigenvalue weighted by Gasteiger charge is -2.26. The Morgan fingerprint density at radius 1 is 1.48 bits per heavy atom. The maximum absolute atomic E-state index is 11.1. The average molecular weight is 342 g/mol. The van der Waals surface area contributed by atoms with Gasteiger partial charge in [0.1, 0.15) is 11.9 Å². The minimum Gasteiger partial charge on any atom is -0.340 e. The summed E-state index contributed by atoms with van der Waals surface area (Å²) in [6.07, 6.45) is 1.73. The summed E-state index contributed by atoms with van der Waals surface area (Å²) in [5.74, 6) is 0.641. The second-order valence-electron chi connectivity index (χ2n) is 6.50. The maximum atomic E-state index is 11.1. The van der Waals surface area contributed by atoms with E-state index in [0.717, 1.165) is 22.4 Å². The number of carbonyl (C=O) groups is 1. The first kappa shape index (κ1) is 17.1. The smallest absolute Gasteiger partial charge is 0.247 e. The SMILES string of the molecule is Cc1cccc2[nH]c(C(C(C)C)N3C/C(=C/CC(=O)NO)N=N3)nc12. The number of carbonyl (C=O) groups excluding carboxylic acids is 1. The minimum absolute atomic E-state index is 0.0480. The van der Waals surface area contributed by atoms with Crippen molar-refractivity contribution in [3.05, 3.63) is 41.4 Å². The predicted molar refractivity (Wildman–Crippen MR) is 92.6 cm³/mol. The van der Waals surface area contributed by atoms with Gasteiger partial charge in [-0.05, 0) is 30.5 Å². The molecular formula is C17H22N6O2. The standard InChI is InChI=1S/C17H22N6O2/c1-10(2)16(17-18-13-6-4-5-11(3)15(13)19-17)23-9-12(20-22-23)7-8-14(24)21-25/h4-7,10,16,25H,8-9H2,1-3H3,(H,18,19)(H,21,24)/b12-7-. The Morgan fingerprint density at radius 2 is 2.28 bits per heavy atom. The summed E-state index contributed by atoms with van der Waals surface area (Å²) in [6.45, 7) is 6.76. The number of rotatable bonds is 5. The molecule has 0 saturated carbocycles. The minimum atomic E-state index is -0.477. The molecule has 0 radical (unpaired) electrons. The van der Waals surface area contributed by atoms with Crippen LogP contribution in [0.1, 0.15) is 37.7 Å². The van der Waals surface area contributed by atoms with Gasteiger partial charge in [0, 0.05) is 6.42 Å². The molecule has 132 valence electrons. The number of H-pyrrole nitrogens is 1. The van der Waals surface area contributed by atoms with Crippen molar-refractivity contribution in [2.45, 2.75) is 33.2 Å². The third kappa shape index (κ3) is 3.53. The number of para-hydroxylation sites is 1. The molecule has 1 aromatic carbocycles. The van der Waals surface area contributed by atoms with Gasteiger partial charge in [-0.1, -0.05) is 31.2 Å².